The van der Waals surface area contributed by atoms with E-state index in [0.717, 1.165) is 4.68 Å². The van der Waals surface area contributed by atoms with Gasteiger partial charge in [-0.25, -0.2) is 9.48 Å². The molecule has 0 radical (unpaired) electrons. The first-order chi connectivity index (χ1) is 16.6. The van der Waals surface area contributed by atoms with Gasteiger partial charge in [0.05, 0.1) is 22.2 Å². The maximum absolute atomic E-state index is 12.8. The minimum absolute atomic E-state index is 0.149. The zero-order valence-corrected chi connectivity index (χ0v) is 18.4. The summed E-state index contributed by atoms with van der Waals surface area (Å²) >= 11 is 1.24. The third-order valence-electron chi connectivity index (χ3n) is 5.03. The Bertz CT molecular complexity index is 1650. The van der Waals surface area contributed by atoms with Crippen molar-refractivity contribution in [2.24, 2.45) is 0 Å². The van der Waals surface area contributed by atoms with Gasteiger partial charge in [-0.1, -0.05) is 46.8 Å². The van der Waals surface area contributed by atoms with Crippen molar-refractivity contribution in [2.45, 2.75) is 17.5 Å². The molecule has 0 saturated heterocycles. The van der Waals surface area contributed by atoms with E-state index in [0.29, 0.717) is 26.7 Å². The van der Waals surface area contributed by atoms with Gasteiger partial charge >= 0.3 is 5.97 Å². The maximum Gasteiger partial charge on any atom is 0.341 e. The summed E-state index contributed by atoms with van der Waals surface area (Å²) in [6, 6.07) is 20.6. The van der Waals surface area contributed by atoms with Gasteiger partial charge in [-0.05, 0) is 36.4 Å². The van der Waals surface area contributed by atoms with Crippen molar-refractivity contribution >= 4 is 39.5 Å². The smallest absolute Gasteiger partial charge is 0.341 e. The Kier molecular flexibility index (Phi) is 5.83. The number of carbonyl (C=O) groups excluding carboxylic acids is 1. The van der Waals surface area contributed by atoms with Crippen LogP contribution in [0.4, 0.5) is 0 Å². The summed E-state index contributed by atoms with van der Waals surface area (Å²) < 4.78 is 7.55. The van der Waals surface area contributed by atoms with Crippen molar-refractivity contribution in [3.8, 4) is 0 Å². The molecule has 0 aliphatic rings. The summed E-state index contributed by atoms with van der Waals surface area (Å²) in [4.78, 5) is 38.6. The molecule has 5 rings (SSSR count). The molecule has 2 aromatic heterocycles. The topological polar surface area (TPSA) is 122 Å². The largest absolute Gasteiger partial charge is 0.439 e. The molecule has 5 aromatic rings. The van der Waals surface area contributed by atoms with Crippen LogP contribution >= 0.6 is 11.8 Å². The molecule has 0 spiro atoms. The van der Waals surface area contributed by atoms with E-state index in [4.69, 9.17) is 4.74 Å². The Hall–Kier alpha value is -4.38. The minimum atomic E-state index is -0.637. The highest BCUT2D eigenvalue weighted by Gasteiger charge is 2.15. The molecule has 0 aliphatic carbocycles. The second-order valence-electron chi connectivity index (χ2n) is 7.15. The number of rotatable bonds is 6. The Balaban J connectivity index is 1.33. The number of nitrogens with zero attached hydrogens (tertiary/aromatic N) is 6. The Labute approximate surface area is 195 Å². The average molecular weight is 472 g/mol. The van der Waals surface area contributed by atoms with Gasteiger partial charge in [0.1, 0.15) is 11.0 Å². The third kappa shape index (κ3) is 4.16. The molecule has 2 heterocycles. The van der Waals surface area contributed by atoms with Crippen molar-refractivity contribution in [1.82, 2.24) is 30.0 Å². The van der Waals surface area contributed by atoms with Crippen LogP contribution in [0.3, 0.4) is 0 Å². The summed E-state index contributed by atoms with van der Waals surface area (Å²) in [5.74, 6) is -0.488. The lowest BCUT2D eigenvalue weighted by Gasteiger charge is -2.10. The molecule has 0 atom stereocenters. The number of carbonyl (C=O) groups is 1. The van der Waals surface area contributed by atoms with E-state index < -0.39 is 11.5 Å². The van der Waals surface area contributed by atoms with Gasteiger partial charge in [-0.2, -0.15) is 4.68 Å². The highest BCUT2D eigenvalue weighted by molar-refractivity contribution is 7.98. The quantitative estimate of drug-likeness (QED) is 0.271. The van der Waals surface area contributed by atoms with Crippen LogP contribution in [0.25, 0.3) is 21.8 Å². The molecule has 0 N–H and O–H groups in total. The second kappa shape index (κ2) is 9.24. The van der Waals surface area contributed by atoms with E-state index in [-0.39, 0.29) is 23.7 Å². The summed E-state index contributed by atoms with van der Waals surface area (Å²) in [6.45, 7) is -0.385. The first kappa shape index (κ1) is 21.5. The molecule has 10 nitrogen and oxygen atoms in total. The molecule has 0 amide bonds. The van der Waals surface area contributed by atoms with Crippen molar-refractivity contribution in [3.63, 3.8) is 0 Å². The predicted octanol–water partition coefficient (Wildman–Crippen LogP) is 2.46. The number of thioether (sulfide) groups is 1. The molecule has 0 aliphatic heterocycles. The van der Waals surface area contributed by atoms with Crippen molar-refractivity contribution in [2.75, 3.05) is 0 Å². The molecule has 0 fully saturated rings. The highest BCUT2D eigenvalue weighted by Crippen LogP contribution is 2.24. The number of esters is 1. The molecule has 3 aromatic carbocycles. The van der Waals surface area contributed by atoms with Crippen LogP contribution in [-0.2, 0) is 17.3 Å². The molecule has 0 unspecified atom stereocenters. The molecule has 0 saturated carbocycles. The maximum atomic E-state index is 12.8. The molecule has 11 heteroatoms. The summed E-state index contributed by atoms with van der Waals surface area (Å²) in [5.41, 5.74) is 0.590. The molecule has 34 heavy (non-hydrogen) atoms. The van der Waals surface area contributed by atoms with Crippen LogP contribution < -0.4 is 11.1 Å². The lowest BCUT2D eigenvalue weighted by Crippen LogP contribution is -2.26. The van der Waals surface area contributed by atoms with Gasteiger partial charge in [-0.3, -0.25) is 9.59 Å². The lowest BCUT2D eigenvalue weighted by atomic mass is 10.2. The standard InChI is InChI=1S/C23H16N6O4S/c30-21-15-7-1-4-10-18(15)24-26-28(21)13-33-23(32)17-9-3-6-12-20(17)34-14-29-22(31)16-8-2-5-11-19(16)25-27-29/h1-12H,13-14H2. The van der Waals surface area contributed by atoms with Crippen LogP contribution in [-0.4, -0.2) is 36.0 Å². The Morgan fingerprint density at radius 1 is 0.765 bits per heavy atom. The van der Waals surface area contributed by atoms with Gasteiger partial charge in [0, 0.05) is 4.90 Å². The number of benzene rings is 3. The number of ether oxygens (including phenoxy) is 1. The highest BCUT2D eigenvalue weighted by atomic mass is 32.2. The fourth-order valence-corrected chi connectivity index (χ4v) is 4.22. The van der Waals surface area contributed by atoms with Crippen molar-refractivity contribution in [3.05, 3.63) is 99.1 Å². The van der Waals surface area contributed by atoms with E-state index >= 15 is 0 Å². The molecular formula is C23H16N6O4S. The average Bonchev–Trinajstić information content (AvgIpc) is 2.88. The summed E-state index contributed by atoms with van der Waals surface area (Å²) in [6.07, 6.45) is 0. The van der Waals surface area contributed by atoms with Gasteiger partial charge < -0.3 is 4.74 Å². The zero-order chi connectivity index (χ0) is 23.5. The van der Waals surface area contributed by atoms with Crippen molar-refractivity contribution < 1.29 is 9.53 Å². The number of aromatic nitrogens is 6. The normalized spacial score (nSPS) is 11.1. The Morgan fingerprint density at radius 3 is 2.03 bits per heavy atom. The monoisotopic (exact) mass is 472 g/mol. The predicted molar refractivity (Wildman–Crippen MR) is 125 cm³/mol. The number of fused-ring (bicyclic) bond motifs is 2. The molecule has 168 valence electrons. The van der Waals surface area contributed by atoms with Crippen LogP contribution in [0.1, 0.15) is 10.4 Å². The van der Waals surface area contributed by atoms with Crippen molar-refractivity contribution in [1.29, 1.82) is 0 Å². The third-order valence-corrected chi connectivity index (χ3v) is 6.07. The van der Waals surface area contributed by atoms with E-state index in [1.165, 1.54) is 16.4 Å². The SMILES string of the molecule is O=C(OCn1nnc2ccccc2c1=O)c1ccccc1SCn1nnc2ccccc2c1=O. The molecule has 0 bridgehead atoms. The van der Waals surface area contributed by atoms with E-state index in [1.807, 2.05) is 0 Å². The summed E-state index contributed by atoms with van der Waals surface area (Å²) in [7, 11) is 0. The Morgan fingerprint density at radius 2 is 1.32 bits per heavy atom. The van der Waals surface area contributed by atoms with E-state index in [2.05, 4.69) is 20.6 Å². The van der Waals surface area contributed by atoms with Gasteiger partial charge in [0.2, 0.25) is 0 Å². The lowest BCUT2D eigenvalue weighted by molar-refractivity contribution is 0.0332. The zero-order valence-electron chi connectivity index (χ0n) is 17.6. The van der Waals surface area contributed by atoms with Gasteiger partial charge in [0.25, 0.3) is 11.1 Å². The van der Waals surface area contributed by atoms with Crippen LogP contribution in [0.2, 0.25) is 0 Å². The van der Waals surface area contributed by atoms with Gasteiger partial charge in [-0.15, -0.1) is 22.0 Å². The minimum Gasteiger partial charge on any atom is -0.439 e. The van der Waals surface area contributed by atoms with Crippen LogP contribution in [0.15, 0.2) is 87.3 Å². The first-order valence-electron chi connectivity index (χ1n) is 10.2. The van der Waals surface area contributed by atoms with Crippen LogP contribution in [0.5, 0.6) is 0 Å². The fourth-order valence-electron chi connectivity index (χ4n) is 3.31. The van der Waals surface area contributed by atoms with Gasteiger partial charge in [0.15, 0.2) is 6.73 Å². The molecular weight excluding hydrogens is 456 g/mol. The number of hydrogen-bond acceptors (Lipinski definition) is 9. The van der Waals surface area contributed by atoms with E-state index in [1.54, 1.807) is 72.8 Å². The van der Waals surface area contributed by atoms with Crippen LogP contribution in [0, 0.1) is 0 Å². The summed E-state index contributed by atoms with van der Waals surface area (Å²) in [5, 5.41) is 16.7. The van der Waals surface area contributed by atoms with E-state index in [9.17, 15) is 14.4 Å². The number of hydrogen-bond donors (Lipinski definition) is 0. The second-order valence-corrected chi connectivity index (χ2v) is 8.14. The fraction of sp³-hybridized carbons (Fsp3) is 0.0870. The first-order valence-corrected chi connectivity index (χ1v) is 11.1.